The minimum atomic E-state index is 0.690. The van der Waals surface area contributed by atoms with Crippen LogP contribution in [0.1, 0.15) is 5.56 Å². The van der Waals surface area contributed by atoms with Crippen LogP contribution in [-0.2, 0) is 0 Å². The Morgan fingerprint density at radius 3 is 2.58 bits per heavy atom. The number of aryl methyl sites for hydroxylation is 1. The van der Waals surface area contributed by atoms with Crippen LogP contribution < -0.4 is 0 Å². The summed E-state index contributed by atoms with van der Waals surface area (Å²) >= 11 is 0. The van der Waals surface area contributed by atoms with Crippen LogP contribution in [-0.4, -0.2) is 5.16 Å². The zero-order chi connectivity index (χ0) is 8.39. The third-order valence-electron chi connectivity index (χ3n) is 1.71. The molecule has 1 aromatic heterocycles. The number of benzene rings is 1. The first kappa shape index (κ1) is 7.10. The highest BCUT2D eigenvalue weighted by Crippen LogP contribution is 2.17. The average molecular weight is 158 g/mol. The Morgan fingerprint density at radius 1 is 1.25 bits per heavy atom. The van der Waals surface area contributed by atoms with Gasteiger partial charge in [0.15, 0.2) is 5.76 Å². The zero-order valence-corrected chi connectivity index (χ0v) is 6.74. The SMILES string of the molecule is Cc1ccc(-c2[c]cno2)cc1. The van der Waals surface area contributed by atoms with Crippen LogP contribution in [0.4, 0.5) is 0 Å². The monoisotopic (exact) mass is 158 g/mol. The molecule has 0 spiro atoms. The molecule has 2 nitrogen and oxygen atoms in total. The molecule has 0 aliphatic rings. The van der Waals surface area contributed by atoms with E-state index in [1.807, 2.05) is 31.2 Å². The van der Waals surface area contributed by atoms with Gasteiger partial charge < -0.3 is 4.52 Å². The molecule has 0 saturated heterocycles. The van der Waals surface area contributed by atoms with Gasteiger partial charge in [0.1, 0.15) is 0 Å². The van der Waals surface area contributed by atoms with E-state index in [1.54, 1.807) is 0 Å². The van der Waals surface area contributed by atoms with Crippen molar-refractivity contribution in [2.24, 2.45) is 0 Å². The summed E-state index contributed by atoms with van der Waals surface area (Å²) in [4.78, 5) is 0. The van der Waals surface area contributed by atoms with E-state index in [9.17, 15) is 0 Å². The Hall–Kier alpha value is -1.57. The lowest BCUT2D eigenvalue weighted by Gasteiger charge is -1.94. The molecule has 12 heavy (non-hydrogen) atoms. The highest BCUT2D eigenvalue weighted by Gasteiger charge is 1.99. The van der Waals surface area contributed by atoms with Crippen LogP contribution in [0.3, 0.4) is 0 Å². The molecule has 59 valence electrons. The van der Waals surface area contributed by atoms with E-state index < -0.39 is 0 Å². The van der Waals surface area contributed by atoms with Crippen molar-refractivity contribution in [2.45, 2.75) is 6.92 Å². The second-order valence-corrected chi connectivity index (χ2v) is 2.67. The van der Waals surface area contributed by atoms with Gasteiger partial charge in [0.25, 0.3) is 0 Å². The molecule has 0 unspecified atom stereocenters. The molecule has 0 N–H and O–H groups in total. The van der Waals surface area contributed by atoms with Crippen molar-refractivity contribution in [3.8, 4) is 11.3 Å². The molecule has 0 amide bonds. The predicted molar refractivity (Wildman–Crippen MR) is 45.5 cm³/mol. The maximum Gasteiger partial charge on any atom is 0.174 e. The number of rotatable bonds is 1. The Labute approximate surface area is 70.8 Å². The lowest BCUT2D eigenvalue weighted by molar-refractivity contribution is 0.432. The van der Waals surface area contributed by atoms with Crippen LogP contribution >= 0.6 is 0 Å². The summed E-state index contributed by atoms with van der Waals surface area (Å²) in [6.45, 7) is 2.05. The molecule has 2 aromatic rings. The summed E-state index contributed by atoms with van der Waals surface area (Å²) < 4.78 is 4.95. The summed E-state index contributed by atoms with van der Waals surface area (Å²) in [5, 5.41) is 3.59. The quantitative estimate of drug-likeness (QED) is 0.637. The molecule has 0 fully saturated rings. The molecule has 0 atom stereocenters. The standard InChI is InChI=1S/C10H8NO/c1-8-2-4-9(5-3-8)10-6-7-11-12-10/h2-5,7H,1H3. The van der Waals surface area contributed by atoms with Crippen molar-refractivity contribution in [1.82, 2.24) is 5.16 Å². The van der Waals surface area contributed by atoms with Crippen LogP contribution in [0.2, 0.25) is 0 Å². The third-order valence-corrected chi connectivity index (χ3v) is 1.71. The average Bonchev–Trinajstić information content (AvgIpc) is 2.58. The van der Waals surface area contributed by atoms with E-state index >= 15 is 0 Å². The number of hydrogen-bond donors (Lipinski definition) is 0. The lowest BCUT2D eigenvalue weighted by atomic mass is 10.1. The van der Waals surface area contributed by atoms with Gasteiger partial charge in [-0.1, -0.05) is 35.0 Å². The topological polar surface area (TPSA) is 26.0 Å². The molecule has 1 radical (unpaired) electrons. The summed E-state index contributed by atoms with van der Waals surface area (Å²) in [6, 6.07) is 10.9. The van der Waals surface area contributed by atoms with Gasteiger partial charge in [-0.15, -0.1) is 0 Å². The zero-order valence-electron chi connectivity index (χ0n) is 6.74. The van der Waals surface area contributed by atoms with Crippen LogP contribution in [0.15, 0.2) is 35.0 Å². The fourth-order valence-electron chi connectivity index (χ4n) is 1.03. The van der Waals surface area contributed by atoms with Gasteiger partial charge in [0.2, 0.25) is 0 Å². The van der Waals surface area contributed by atoms with Crippen molar-refractivity contribution in [2.75, 3.05) is 0 Å². The first-order valence-electron chi connectivity index (χ1n) is 3.75. The second-order valence-electron chi connectivity index (χ2n) is 2.67. The summed E-state index contributed by atoms with van der Waals surface area (Å²) in [5.74, 6) is 0.690. The maximum absolute atomic E-state index is 4.95. The molecule has 2 heteroatoms. The molecular weight excluding hydrogens is 150 g/mol. The Morgan fingerprint density at radius 2 is 2.00 bits per heavy atom. The minimum Gasteiger partial charge on any atom is -0.356 e. The van der Waals surface area contributed by atoms with Gasteiger partial charge in [-0.3, -0.25) is 0 Å². The van der Waals surface area contributed by atoms with Crippen molar-refractivity contribution in [1.29, 1.82) is 0 Å². The third kappa shape index (κ3) is 1.23. The van der Waals surface area contributed by atoms with Crippen molar-refractivity contribution in [3.63, 3.8) is 0 Å². The fraction of sp³-hybridized carbons (Fsp3) is 0.100. The lowest BCUT2D eigenvalue weighted by Crippen LogP contribution is -1.74. The fourth-order valence-corrected chi connectivity index (χ4v) is 1.03. The van der Waals surface area contributed by atoms with Crippen molar-refractivity contribution in [3.05, 3.63) is 42.1 Å². The highest BCUT2D eigenvalue weighted by atomic mass is 16.5. The smallest absolute Gasteiger partial charge is 0.174 e. The van der Waals surface area contributed by atoms with Gasteiger partial charge in [-0.25, -0.2) is 0 Å². The summed E-state index contributed by atoms with van der Waals surface area (Å²) in [6.07, 6.45) is 1.52. The second kappa shape index (κ2) is 2.81. The van der Waals surface area contributed by atoms with E-state index in [-0.39, 0.29) is 0 Å². The Balaban J connectivity index is 2.43. The molecule has 0 aliphatic carbocycles. The van der Waals surface area contributed by atoms with E-state index in [4.69, 9.17) is 4.52 Å². The normalized spacial score (nSPS) is 10.1. The van der Waals surface area contributed by atoms with Crippen LogP contribution in [0.25, 0.3) is 11.3 Å². The van der Waals surface area contributed by atoms with Gasteiger partial charge in [0, 0.05) is 5.56 Å². The molecule has 1 heterocycles. The first-order chi connectivity index (χ1) is 5.86. The largest absolute Gasteiger partial charge is 0.356 e. The summed E-state index contributed by atoms with van der Waals surface area (Å²) in [7, 11) is 0. The molecular formula is C10H8NO. The Kier molecular flexibility index (Phi) is 1.67. The molecule has 1 aromatic carbocycles. The number of nitrogens with zero attached hydrogens (tertiary/aromatic N) is 1. The van der Waals surface area contributed by atoms with Crippen molar-refractivity contribution < 1.29 is 4.52 Å². The highest BCUT2D eigenvalue weighted by molar-refractivity contribution is 5.56. The minimum absolute atomic E-state index is 0.690. The first-order valence-corrected chi connectivity index (χ1v) is 3.75. The van der Waals surface area contributed by atoms with E-state index in [0.29, 0.717) is 5.76 Å². The van der Waals surface area contributed by atoms with E-state index in [0.717, 1.165) is 5.56 Å². The van der Waals surface area contributed by atoms with E-state index in [2.05, 4.69) is 11.2 Å². The predicted octanol–water partition coefficient (Wildman–Crippen LogP) is 2.45. The van der Waals surface area contributed by atoms with Gasteiger partial charge in [-0.05, 0) is 6.92 Å². The molecule has 2 rings (SSSR count). The van der Waals surface area contributed by atoms with Crippen LogP contribution in [0, 0.1) is 13.0 Å². The summed E-state index contributed by atoms with van der Waals surface area (Å²) in [5.41, 5.74) is 2.25. The molecule has 0 aliphatic heterocycles. The van der Waals surface area contributed by atoms with Gasteiger partial charge in [-0.2, -0.15) is 0 Å². The van der Waals surface area contributed by atoms with E-state index in [1.165, 1.54) is 11.8 Å². The number of hydrogen-bond acceptors (Lipinski definition) is 2. The molecule has 0 saturated carbocycles. The number of aromatic nitrogens is 1. The van der Waals surface area contributed by atoms with Gasteiger partial charge >= 0.3 is 0 Å². The van der Waals surface area contributed by atoms with Gasteiger partial charge in [0.05, 0.1) is 12.3 Å². The van der Waals surface area contributed by atoms with Crippen LogP contribution in [0.5, 0.6) is 0 Å². The van der Waals surface area contributed by atoms with Crippen molar-refractivity contribution >= 4 is 0 Å². The maximum atomic E-state index is 4.95. The Bertz CT molecular complexity index is 348. The molecule has 0 bridgehead atoms.